The predicted molar refractivity (Wildman–Crippen MR) is 114 cm³/mol. The highest BCUT2D eigenvalue weighted by Crippen LogP contribution is 2.37. The number of carbonyl (C=O) groups is 1. The lowest BCUT2D eigenvalue weighted by Gasteiger charge is -2.34. The number of amides is 1. The third kappa shape index (κ3) is 3.26. The number of piperidine rings is 1. The summed E-state index contributed by atoms with van der Waals surface area (Å²) in [5.41, 5.74) is 1.21. The second-order valence-electron chi connectivity index (χ2n) is 7.69. The highest BCUT2D eigenvalue weighted by molar-refractivity contribution is 7.21. The Balaban J connectivity index is 1.35. The van der Waals surface area contributed by atoms with Crippen LogP contribution >= 0.6 is 11.3 Å². The minimum Gasteiger partial charge on any atom is -0.356 e. The molecule has 0 saturated carbocycles. The van der Waals surface area contributed by atoms with Crippen LogP contribution in [0.2, 0.25) is 0 Å². The van der Waals surface area contributed by atoms with Gasteiger partial charge in [0.15, 0.2) is 0 Å². The monoisotopic (exact) mass is 392 g/mol. The van der Waals surface area contributed by atoms with Crippen LogP contribution in [0.5, 0.6) is 0 Å². The molecule has 0 unspecified atom stereocenters. The van der Waals surface area contributed by atoms with Gasteiger partial charge in [0, 0.05) is 37.0 Å². The largest absolute Gasteiger partial charge is 0.356 e. The van der Waals surface area contributed by atoms with Crippen molar-refractivity contribution in [3.63, 3.8) is 0 Å². The quantitative estimate of drug-likeness (QED) is 0.670. The zero-order chi connectivity index (χ0) is 18.9. The molecule has 0 spiro atoms. The Kier molecular flexibility index (Phi) is 4.72. The van der Waals surface area contributed by atoms with Crippen LogP contribution < -0.4 is 4.90 Å². The Morgan fingerprint density at radius 2 is 1.75 bits per heavy atom. The average molecular weight is 393 g/mol. The van der Waals surface area contributed by atoms with Crippen LogP contribution in [0.1, 0.15) is 25.7 Å². The molecule has 28 heavy (non-hydrogen) atoms. The van der Waals surface area contributed by atoms with Gasteiger partial charge in [-0.1, -0.05) is 30.3 Å². The van der Waals surface area contributed by atoms with E-state index in [0.29, 0.717) is 5.91 Å². The fourth-order valence-corrected chi connectivity index (χ4v) is 5.37. The molecule has 0 bridgehead atoms. The molecule has 1 amide bonds. The predicted octanol–water partition coefficient (Wildman–Crippen LogP) is 4.20. The second-order valence-corrected chi connectivity index (χ2v) is 8.72. The first kappa shape index (κ1) is 17.6. The number of hydrogen-bond acceptors (Lipinski definition) is 5. The summed E-state index contributed by atoms with van der Waals surface area (Å²) in [5.74, 6) is 1.55. The van der Waals surface area contributed by atoms with E-state index in [2.05, 4.69) is 50.1 Å². The smallest absolute Gasteiger partial charge is 0.225 e. The maximum Gasteiger partial charge on any atom is 0.225 e. The molecule has 2 aromatic heterocycles. The van der Waals surface area contributed by atoms with Crippen LogP contribution in [-0.2, 0) is 4.79 Å². The normalized spacial score (nSPS) is 18.1. The summed E-state index contributed by atoms with van der Waals surface area (Å²) in [7, 11) is 0. The number of nitrogens with zero attached hydrogens (tertiary/aromatic N) is 4. The van der Waals surface area contributed by atoms with Crippen molar-refractivity contribution in [2.75, 3.05) is 31.1 Å². The molecule has 0 atom stereocenters. The van der Waals surface area contributed by atoms with Gasteiger partial charge in [0.05, 0.1) is 5.39 Å². The number of fused-ring (bicyclic) bond motifs is 1. The standard InChI is InChI=1S/C22H24N4OS/c27-22(26-10-4-5-11-26)17-8-12-25(13-9-17)20-18-14-19(16-6-2-1-3-7-16)28-21(18)24-15-23-20/h1-3,6-7,14-15,17H,4-5,8-13H2. The zero-order valence-electron chi connectivity index (χ0n) is 15.9. The van der Waals surface area contributed by atoms with E-state index in [4.69, 9.17) is 0 Å². The van der Waals surface area contributed by atoms with Gasteiger partial charge in [-0.15, -0.1) is 11.3 Å². The van der Waals surface area contributed by atoms with Crippen LogP contribution in [0, 0.1) is 5.92 Å². The van der Waals surface area contributed by atoms with Gasteiger partial charge >= 0.3 is 0 Å². The summed E-state index contributed by atoms with van der Waals surface area (Å²) in [6, 6.07) is 12.6. The van der Waals surface area contributed by atoms with E-state index in [9.17, 15) is 4.79 Å². The molecule has 0 radical (unpaired) electrons. The SMILES string of the molecule is O=C(C1CCN(c2ncnc3sc(-c4ccccc4)cc23)CC1)N1CCCC1. The number of aromatic nitrogens is 2. The first-order valence-corrected chi connectivity index (χ1v) is 10.9. The number of likely N-dealkylation sites (tertiary alicyclic amines) is 1. The first-order valence-electron chi connectivity index (χ1n) is 10.1. The number of carbonyl (C=O) groups excluding carboxylic acids is 1. The number of benzene rings is 1. The van der Waals surface area contributed by atoms with E-state index in [0.717, 1.165) is 67.9 Å². The molecule has 2 aliphatic heterocycles. The molecular weight excluding hydrogens is 368 g/mol. The van der Waals surface area contributed by atoms with E-state index in [-0.39, 0.29) is 5.92 Å². The molecular formula is C22H24N4OS. The van der Waals surface area contributed by atoms with Crippen molar-refractivity contribution < 1.29 is 4.79 Å². The lowest BCUT2D eigenvalue weighted by molar-refractivity contribution is -0.135. The van der Waals surface area contributed by atoms with Crippen molar-refractivity contribution in [1.29, 1.82) is 0 Å². The number of rotatable bonds is 3. The maximum absolute atomic E-state index is 12.7. The summed E-state index contributed by atoms with van der Waals surface area (Å²) in [6.07, 6.45) is 5.81. The van der Waals surface area contributed by atoms with Crippen LogP contribution in [0.4, 0.5) is 5.82 Å². The van der Waals surface area contributed by atoms with Crippen molar-refractivity contribution >= 4 is 33.3 Å². The molecule has 144 valence electrons. The minimum absolute atomic E-state index is 0.175. The van der Waals surface area contributed by atoms with E-state index in [1.54, 1.807) is 17.7 Å². The molecule has 5 nitrogen and oxygen atoms in total. The van der Waals surface area contributed by atoms with Crippen molar-refractivity contribution in [2.24, 2.45) is 5.92 Å². The van der Waals surface area contributed by atoms with Crippen LogP contribution in [0.3, 0.4) is 0 Å². The zero-order valence-corrected chi connectivity index (χ0v) is 16.7. The van der Waals surface area contributed by atoms with Gasteiger partial charge in [-0.3, -0.25) is 4.79 Å². The highest BCUT2D eigenvalue weighted by Gasteiger charge is 2.30. The molecule has 2 fully saturated rings. The van der Waals surface area contributed by atoms with Crippen molar-refractivity contribution in [3.05, 3.63) is 42.7 Å². The van der Waals surface area contributed by atoms with Gasteiger partial charge in [-0.05, 0) is 37.3 Å². The van der Waals surface area contributed by atoms with Crippen molar-refractivity contribution in [2.45, 2.75) is 25.7 Å². The highest BCUT2D eigenvalue weighted by atomic mass is 32.1. The molecule has 1 aromatic carbocycles. The van der Waals surface area contributed by atoms with Gasteiger partial charge in [0.25, 0.3) is 0 Å². The summed E-state index contributed by atoms with van der Waals surface area (Å²) in [6.45, 7) is 3.66. The molecule has 0 aliphatic carbocycles. The molecule has 6 heteroatoms. The van der Waals surface area contributed by atoms with Crippen molar-refractivity contribution in [3.8, 4) is 10.4 Å². The molecule has 2 aliphatic rings. The van der Waals surface area contributed by atoms with Gasteiger partial charge in [-0.25, -0.2) is 9.97 Å². The van der Waals surface area contributed by atoms with E-state index < -0.39 is 0 Å². The number of anilines is 1. The lowest BCUT2D eigenvalue weighted by atomic mass is 9.95. The van der Waals surface area contributed by atoms with Crippen LogP contribution in [0.25, 0.3) is 20.7 Å². The third-order valence-corrected chi connectivity index (χ3v) is 7.02. The Hall–Kier alpha value is -2.47. The first-order chi connectivity index (χ1) is 13.8. The molecule has 0 N–H and O–H groups in total. The van der Waals surface area contributed by atoms with E-state index in [1.807, 2.05) is 6.07 Å². The van der Waals surface area contributed by atoms with E-state index in [1.165, 1.54) is 10.4 Å². The fraction of sp³-hybridized carbons (Fsp3) is 0.409. The Morgan fingerprint density at radius 3 is 2.50 bits per heavy atom. The third-order valence-electron chi connectivity index (χ3n) is 5.93. The lowest BCUT2D eigenvalue weighted by Crippen LogP contribution is -2.42. The number of thiophene rings is 1. The summed E-state index contributed by atoms with van der Waals surface area (Å²) in [4.78, 5) is 28.5. The molecule has 3 aromatic rings. The van der Waals surface area contributed by atoms with E-state index >= 15 is 0 Å². The van der Waals surface area contributed by atoms with Gasteiger partial charge in [0.2, 0.25) is 5.91 Å². The Bertz CT molecular complexity index is 973. The Labute approximate surface area is 169 Å². The van der Waals surface area contributed by atoms with Crippen molar-refractivity contribution in [1.82, 2.24) is 14.9 Å². The van der Waals surface area contributed by atoms with Gasteiger partial charge < -0.3 is 9.80 Å². The maximum atomic E-state index is 12.7. The topological polar surface area (TPSA) is 49.3 Å². The van der Waals surface area contributed by atoms with Gasteiger partial charge in [0.1, 0.15) is 17.0 Å². The van der Waals surface area contributed by atoms with Gasteiger partial charge in [-0.2, -0.15) is 0 Å². The summed E-state index contributed by atoms with van der Waals surface area (Å²) in [5, 5.41) is 1.12. The molecule has 5 rings (SSSR count). The minimum atomic E-state index is 0.175. The van der Waals surface area contributed by atoms with Crippen LogP contribution in [0.15, 0.2) is 42.7 Å². The fourth-order valence-electron chi connectivity index (χ4n) is 4.37. The van der Waals surface area contributed by atoms with Crippen LogP contribution in [-0.4, -0.2) is 47.0 Å². The summed E-state index contributed by atoms with van der Waals surface area (Å²) >= 11 is 1.71. The Morgan fingerprint density at radius 1 is 1.00 bits per heavy atom. The second kappa shape index (κ2) is 7.51. The molecule has 2 saturated heterocycles. The average Bonchev–Trinajstić information content (AvgIpc) is 3.44. The molecule has 4 heterocycles. The number of hydrogen-bond donors (Lipinski definition) is 0. The summed E-state index contributed by atoms with van der Waals surface area (Å²) < 4.78 is 0.